The molecule has 8 heteroatoms. The summed E-state index contributed by atoms with van der Waals surface area (Å²) in [7, 11) is -2.15. The van der Waals surface area contributed by atoms with Crippen molar-refractivity contribution in [2.45, 2.75) is 11.4 Å². The first-order valence-corrected chi connectivity index (χ1v) is 7.58. The summed E-state index contributed by atoms with van der Waals surface area (Å²) in [5, 5.41) is 2.66. The molecule has 0 unspecified atom stereocenters. The molecule has 0 fully saturated rings. The topological polar surface area (TPSA) is 101 Å². The Morgan fingerprint density at radius 1 is 1.29 bits per heavy atom. The second kappa shape index (κ2) is 6.42. The van der Waals surface area contributed by atoms with E-state index in [0.717, 1.165) is 0 Å². The number of carbonyl (C=O) groups excluding carboxylic acids is 1. The first-order chi connectivity index (χ1) is 10.0. The first-order valence-electron chi connectivity index (χ1n) is 6.09. The molecule has 110 valence electrons. The van der Waals surface area contributed by atoms with Crippen LogP contribution in [0.4, 0.5) is 0 Å². The van der Waals surface area contributed by atoms with Gasteiger partial charge in [0.1, 0.15) is 5.69 Å². The number of sulfonamides is 1. The quantitative estimate of drug-likeness (QED) is 0.828. The molecule has 1 heterocycles. The maximum atomic E-state index is 11.8. The number of nitrogens with zero attached hydrogens (tertiary/aromatic N) is 2. The zero-order chi connectivity index (χ0) is 15.3. The predicted molar refractivity (Wildman–Crippen MR) is 75.9 cm³/mol. The fourth-order valence-electron chi connectivity index (χ4n) is 1.63. The summed E-state index contributed by atoms with van der Waals surface area (Å²) >= 11 is 0. The molecule has 0 bridgehead atoms. The van der Waals surface area contributed by atoms with E-state index in [4.69, 9.17) is 0 Å². The smallest absolute Gasteiger partial charge is 0.271 e. The normalized spacial score (nSPS) is 11.1. The van der Waals surface area contributed by atoms with Gasteiger partial charge in [-0.05, 0) is 24.7 Å². The van der Waals surface area contributed by atoms with E-state index >= 15 is 0 Å². The van der Waals surface area contributed by atoms with E-state index in [0.29, 0.717) is 5.56 Å². The number of hydrogen-bond acceptors (Lipinski definition) is 5. The van der Waals surface area contributed by atoms with Crippen molar-refractivity contribution in [3.8, 4) is 0 Å². The number of rotatable bonds is 5. The van der Waals surface area contributed by atoms with Crippen molar-refractivity contribution in [3.63, 3.8) is 0 Å². The van der Waals surface area contributed by atoms with Gasteiger partial charge >= 0.3 is 0 Å². The summed E-state index contributed by atoms with van der Waals surface area (Å²) in [6.07, 6.45) is 4.26. The number of benzene rings is 1. The fourth-order valence-corrected chi connectivity index (χ4v) is 2.43. The van der Waals surface area contributed by atoms with E-state index in [1.165, 1.54) is 37.8 Å². The third-order valence-electron chi connectivity index (χ3n) is 2.73. The van der Waals surface area contributed by atoms with Gasteiger partial charge in [-0.25, -0.2) is 18.1 Å². The van der Waals surface area contributed by atoms with Crippen molar-refractivity contribution >= 4 is 15.9 Å². The fraction of sp³-hybridized carbons (Fsp3) is 0.154. The van der Waals surface area contributed by atoms with Crippen LogP contribution in [0, 0.1) is 0 Å². The Morgan fingerprint density at radius 2 is 2.10 bits per heavy atom. The lowest BCUT2D eigenvalue weighted by Gasteiger charge is -2.07. The zero-order valence-corrected chi connectivity index (χ0v) is 12.1. The number of amides is 1. The van der Waals surface area contributed by atoms with E-state index in [1.54, 1.807) is 12.1 Å². The standard InChI is InChI=1S/C13H14N4O3S/c1-14-21(19,20)11-4-2-3-10(7-11)8-17-13(18)12-9-15-5-6-16-12/h2-7,9,14H,8H2,1H3,(H,17,18). The highest BCUT2D eigenvalue weighted by Gasteiger charge is 2.12. The van der Waals surface area contributed by atoms with E-state index in [2.05, 4.69) is 20.0 Å². The van der Waals surface area contributed by atoms with Crippen molar-refractivity contribution in [3.05, 3.63) is 54.1 Å². The van der Waals surface area contributed by atoms with E-state index in [9.17, 15) is 13.2 Å². The van der Waals surface area contributed by atoms with Crippen LogP contribution in [0.25, 0.3) is 0 Å². The molecule has 2 N–H and O–H groups in total. The average Bonchev–Trinajstić information content (AvgIpc) is 2.53. The number of hydrogen-bond donors (Lipinski definition) is 2. The molecule has 1 aromatic heterocycles. The molecule has 1 aromatic carbocycles. The maximum absolute atomic E-state index is 11.8. The minimum Gasteiger partial charge on any atom is -0.347 e. The summed E-state index contributed by atoms with van der Waals surface area (Å²) in [6.45, 7) is 0.197. The van der Waals surface area contributed by atoms with Crippen molar-refractivity contribution in [2.24, 2.45) is 0 Å². The van der Waals surface area contributed by atoms with Gasteiger partial charge in [-0.15, -0.1) is 0 Å². The third-order valence-corrected chi connectivity index (χ3v) is 4.14. The number of nitrogens with one attached hydrogen (secondary N) is 2. The van der Waals surface area contributed by atoms with Crippen molar-refractivity contribution in [1.82, 2.24) is 20.0 Å². The Balaban J connectivity index is 2.08. The van der Waals surface area contributed by atoms with Crippen molar-refractivity contribution < 1.29 is 13.2 Å². The van der Waals surface area contributed by atoms with Gasteiger partial charge in [-0.1, -0.05) is 12.1 Å². The van der Waals surface area contributed by atoms with Crippen molar-refractivity contribution in [1.29, 1.82) is 0 Å². The third kappa shape index (κ3) is 3.83. The number of carbonyl (C=O) groups is 1. The molecule has 0 atom stereocenters. The van der Waals surface area contributed by atoms with Gasteiger partial charge in [0.15, 0.2) is 0 Å². The van der Waals surface area contributed by atoms with Crippen LogP contribution in [-0.2, 0) is 16.6 Å². The van der Waals surface area contributed by atoms with Crippen LogP contribution in [0.3, 0.4) is 0 Å². The highest BCUT2D eigenvalue weighted by atomic mass is 32.2. The van der Waals surface area contributed by atoms with Gasteiger partial charge < -0.3 is 5.32 Å². The highest BCUT2D eigenvalue weighted by molar-refractivity contribution is 7.89. The molecule has 2 rings (SSSR count). The Labute approximate surface area is 122 Å². The lowest BCUT2D eigenvalue weighted by atomic mass is 10.2. The average molecular weight is 306 g/mol. The Morgan fingerprint density at radius 3 is 2.76 bits per heavy atom. The summed E-state index contributed by atoms with van der Waals surface area (Å²) in [5.74, 6) is -0.370. The van der Waals surface area contributed by atoms with Gasteiger partial charge in [0.2, 0.25) is 10.0 Å². The second-order valence-electron chi connectivity index (χ2n) is 4.13. The molecule has 0 saturated heterocycles. The van der Waals surface area contributed by atoms with Gasteiger partial charge in [-0.3, -0.25) is 9.78 Å². The summed E-state index contributed by atoms with van der Waals surface area (Å²) in [4.78, 5) is 19.6. The molecule has 0 aliphatic heterocycles. The molecule has 0 aliphatic carbocycles. The molecule has 0 radical (unpaired) electrons. The summed E-state index contributed by atoms with van der Waals surface area (Å²) in [6, 6.07) is 6.34. The molecular weight excluding hydrogens is 292 g/mol. The van der Waals surface area contributed by atoms with Crippen LogP contribution < -0.4 is 10.0 Å². The lowest BCUT2D eigenvalue weighted by Crippen LogP contribution is -2.24. The van der Waals surface area contributed by atoms with E-state index < -0.39 is 10.0 Å². The Hall–Kier alpha value is -2.32. The molecule has 21 heavy (non-hydrogen) atoms. The van der Waals surface area contributed by atoms with Crippen LogP contribution in [0.2, 0.25) is 0 Å². The molecule has 1 amide bonds. The maximum Gasteiger partial charge on any atom is 0.271 e. The van der Waals surface area contributed by atoms with Crippen molar-refractivity contribution in [2.75, 3.05) is 7.05 Å². The lowest BCUT2D eigenvalue weighted by molar-refractivity contribution is 0.0945. The minimum absolute atomic E-state index is 0.149. The molecular formula is C13H14N4O3S. The van der Waals surface area contributed by atoms with Gasteiger partial charge in [0, 0.05) is 18.9 Å². The molecule has 0 aliphatic rings. The Kier molecular flexibility index (Phi) is 4.61. The largest absolute Gasteiger partial charge is 0.347 e. The van der Waals surface area contributed by atoms with Gasteiger partial charge in [0.05, 0.1) is 11.1 Å². The zero-order valence-electron chi connectivity index (χ0n) is 11.3. The molecule has 0 saturated carbocycles. The highest BCUT2D eigenvalue weighted by Crippen LogP contribution is 2.11. The first kappa shape index (κ1) is 15.1. The van der Waals surface area contributed by atoms with Gasteiger partial charge in [-0.2, -0.15) is 0 Å². The molecule has 0 spiro atoms. The van der Waals surface area contributed by atoms with Gasteiger partial charge in [0.25, 0.3) is 5.91 Å². The van der Waals surface area contributed by atoms with E-state index in [-0.39, 0.29) is 23.0 Å². The van der Waals surface area contributed by atoms with Crippen LogP contribution in [0.15, 0.2) is 47.8 Å². The van der Waals surface area contributed by atoms with Crippen LogP contribution in [0.5, 0.6) is 0 Å². The van der Waals surface area contributed by atoms with E-state index in [1.807, 2.05) is 0 Å². The predicted octanol–water partition coefficient (Wildman–Crippen LogP) is 0.315. The SMILES string of the molecule is CNS(=O)(=O)c1cccc(CNC(=O)c2cnccn2)c1. The minimum atomic E-state index is -3.50. The summed E-state index contributed by atoms with van der Waals surface area (Å²) < 4.78 is 25.6. The number of aromatic nitrogens is 2. The molecule has 7 nitrogen and oxygen atoms in total. The monoisotopic (exact) mass is 306 g/mol. The van der Waals surface area contributed by atoms with Crippen LogP contribution in [-0.4, -0.2) is 31.3 Å². The molecule has 2 aromatic rings. The second-order valence-corrected chi connectivity index (χ2v) is 6.01. The summed E-state index contributed by atoms with van der Waals surface area (Å²) in [5.41, 5.74) is 0.875. The van der Waals surface area contributed by atoms with Crippen LogP contribution >= 0.6 is 0 Å². The van der Waals surface area contributed by atoms with Crippen LogP contribution in [0.1, 0.15) is 16.1 Å². The Bertz CT molecular complexity index is 732.